The quantitative estimate of drug-likeness (QED) is 0.580. The van der Waals surface area contributed by atoms with Crippen molar-refractivity contribution in [3.63, 3.8) is 0 Å². The third-order valence-electron chi connectivity index (χ3n) is 5.44. The summed E-state index contributed by atoms with van der Waals surface area (Å²) in [5, 5.41) is 25.3. The second-order valence-corrected chi connectivity index (χ2v) is 7.41. The number of hydrogen-bond donors (Lipinski definition) is 4. The van der Waals surface area contributed by atoms with E-state index in [1.807, 2.05) is 0 Å². The monoisotopic (exact) mass is 414 g/mol. The third kappa shape index (κ3) is 3.56. The first kappa shape index (κ1) is 20.1. The minimum atomic E-state index is -0.726. The van der Waals surface area contributed by atoms with Gasteiger partial charge in [-0.05, 0) is 30.5 Å². The Labute approximate surface area is 172 Å². The Hall–Kier alpha value is -3.20. The number of carbonyl (C=O) groups excluding carboxylic acids is 1. The van der Waals surface area contributed by atoms with Gasteiger partial charge in [0.1, 0.15) is 17.1 Å². The van der Waals surface area contributed by atoms with Gasteiger partial charge in [-0.2, -0.15) is 0 Å². The Balaban J connectivity index is 1.77. The zero-order chi connectivity index (χ0) is 21.3. The molecule has 4 N–H and O–H groups in total. The van der Waals surface area contributed by atoms with Crippen LogP contribution in [0.5, 0.6) is 5.75 Å². The molecule has 3 heterocycles. The van der Waals surface area contributed by atoms with E-state index in [4.69, 9.17) is 10.1 Å². The van der Waals surface area contributed by atoms with Gasteiger partial charge in [0.2, 0.25) is 0 Å². The zero-order valence-electron chi connectivity index (χ0n) is 16.3. The number of aliphatic hydroxyl groups is 1. The highest BCUT2D eigenvalue weighted by Crippen LogP contribution is 2.36. The van der Waals surface area contributed by atoms with Crippen LogP contribution in [0.4, 0.5) is 10.1 Å². The van der Waals surface area contributed by atoms with Crippen LogP contribution in [0.25, 0.3) is 0 Å². The number of nitrogens with zero attached hydrogens (tertiary/aromatic N) is 2. The minimum Gasteiger partial charge on any atom is -0.505 e. The Bertz CT molecular complexity index is 1060. The number of halogens is 1. The van der Waals surface area contributed by atoms with Crippen molar-refractivity contribution in [3.8, 4) is 5.75 Å². The molecule has 1 atom stereocenters. The molecular formula is C21H23FN4O4. The summed E-state index contributed by atoms with van der Waals surface area (Å²) in [7, 11) is 0. The molecule has 1 unspecified atom stereocenters. The predicted octanol–water partition coefficient (Wildman–Crippen LogP) is 0.892. The van der Waals surface area contributed by atoms with E-state index in [9.17, 15) is 19.1 Å². The number of benzene rings is 1. The first-order chi connectivity index (χ1) is 14.5. The highest BCUT2D eigenvalue weighted by Gasteiger charge is 2.35. The van der Waals surface area contributed by atoms with Gasteiger partial charge in [0.05, 0.1) is 18.0 Å². The Morgan fingerprint density at radius 2 is 2.10 bits per heavy atom. The Kier molecular flexibility index (Phi) is 5.54. The van der Waals surface area contributed by atoms with E-state index >= 15 is 0 Å². The van der Waals surface area contributed by atoms with E-state index in [0.717, 1.165) is 5.56 Å². The number of aliphatic imine (C=N–C) groups is 1. The Morgan fingerprint density at radius 3 is 2.83 bits per heavy atom. The van der Waals surface area contributed by atoms with Crippen LogP contribution >= 0.6 is 0 Å². The molecule has 0 fully saturated rings. The average Bonchev–Trinajstić information content (AvgIpc) is 2.97. The molecule has 1 aromatic carbocycles. The summed E-state index contributed by atoms with van der Waals surface area (Å²) in [5.41, 5.74) is 1.55. The van der Waals surface area contributed by atoms with Crippen LogP contribution in [0.15, 0.2) is 34.1 Å². The molecule has 0 aliphatic carbocycles. The molecule has 2 aliphatic rings. The second kappa shape index (κ2) is 8.27. The number of pyridine rings is 1. The fraction of sp³-hybridized carbons (Fsp3) is 0.381. The van der Waals surface area contributed by atoms with Gasteiger partial charge in [0.15, 0.2) is 5.75 Å². The second-order valence-electron chi connectivity index (χ2n) is 7.41. The molecule has 9 heteroatoms. The van der Waals surface area contributed by atoms with Crippen molar-refractivity contribution in [3.05, 3.63) is 57.3 Å². The first-order valence-electron chi connectivity index (χ1n) is 9.93. The summed E-state index contributed by atoms with van der Waals surface area (Å²) in [6.07, 6.45) is 1.22. The summed E-state index contributed by atoms with van der Waals surface area (Å²) in [6, 6.07) is 6.27. The zero-order valence-corrected chi connectivity index (χ0v) is 16.3. The number of hydrogen-bond acceptors (Lipinski definition) is 6. The number of nitrogens with one attached hydrogen (secondary N) is 2. The molecule has 8 nitrogen and oxygen atoms in total. The van der Waals surface area contributed by atoms with Gasteiger partial charge in [-0.15, -0.1) is 0 Å². The van der Waals surface area contributed by atoms with Crippen molar-refractivity contribution >= 4 is 17.3 Å². The maximum Gasteiger partial charge on any atom is 0.267 e. The highest BCUT2D eigenvalue weighted by molar-refractivity contribution is 6.10. The summed E-state index contributed by atoms with van der Waals surface area (Å²) in [6.45, 7) is 1.06. The van der Waals surface area contributed by atoms with E-state index in [1.165, 1.54) is 16.7 Å². The maximum atomic E-state index is 13.2. The first-order valence-corrected chi connectivity index (χ1v) is 9.93. The molecule has 30 heavy (non-hydrogen) atoms. The average molecular weight is 414 g/mol. The number of aromatic nitrogens is 1. The third-order valence-corrected chi connectivity index (χ3v) is 5.44. The molecule has 0 saturated heterocycles. The lowest BCUT2D eigenvalue weighted by atomic mass is 9.88. The summed E-state index contributed by atoms with van der Waals surface area (Å²) >= 11 is 0. The number of aromatic hydroxyl groups is 1. The smallest absolute Gasteiger partial charge is 0.267 e. The number of carbonyl (C=O) groups is 1. The number of aliphatic hydroxyl groups excluding tert-OH is 1. The summed E-state index contributed by atoms with van der Waals surface area (Å²) in [4.78, 5) is 30.2. The summed E-state index contributed by atoms with van der Waals surface area (Å²) < 4.78 is 14.7. The molecule has 0 radical (unpaired) electrons. The number of anilines is 1. The van der Waals surface area contributed by atoms with Gasteiger partial charge in [-0.1, -0.05) is 12.1 Å². The van der Waals surface area contributed by atoms with Crippen molar-refractivity contribution in [2.24, 2.45) is 10.9 Å². The molecule has 1 aromatic heterocycles. The molecule has 1 amide bonds. The van der Waals surface area contributed by atoms with E-state index in [0.29, 0.717) is 49.6 Å². The molecule has 2 aliphatic heterocycles. The van der Waals surface area contributed by atoms with Crippen LogP contribution in [-0.4, -0.2) is 52.6 Å². The van der Waals surface area contributed by atoms with E-state index in [1.54, 1.807) is 12.1 Å². The highest BCUT2D eigenvalue weighted by atomic mass is 19.1. The van der Waals surface area contributed by atoms with Crippen molar-refractivity contribution < 1.29 is 19.4 Å². The van der Waals surface area contributed by atoms with Crippen LogP contribution in [0.3, 0.4) is 0 Å². The maximum absolute atomic E-state index is 13.2. The largest absolute Gasteiger partial charge is 0.505 e. The molecule has 0 saturated carbocycles. The summed E-state index contributed by atoms with van der Waals surface area (Å²) in [5.74, 6) is -1.50. The predicted molar refractivity (Wildman–Crippen MR) is 110 cm³/mol. The van der Waals surface area contributed by atoms with Crippen LogP contribution in [0.1, 0.15) is 28.0 Å². The molecular weight excluding hydrogens is 391 g/mol. The van der Waals surface area contributed by atoms with Crippen molar-refractivity contribution in [1.82, 2.24) is 9.88 Å². The SMILES string of the molecule is O=C(NCCO)c1c(O)c2c3n(c1=O)CCCN=C3C(Cc1ccc(F)cc1)CN2. The van der Waals surface area contributed by atoms with Crippen molar-refractivity contribution in [2.45, 2.75) is 19.4 Å². The van der Waals surface area contributed by atoms with E-state index in [2.05, 4.69) is 10.6 Å². The molecule has 0 bridgehead atoms. The topological polar surface area (TPSA) is 116 Å². The van der Waals surface area contributed by atoms with Crippen LogP contribution < -0.4 is 16.2 Å². The van der Waals surface area contributed by atoms with Gasteiger partial charge in [0, 0.05) is 32.1 Å². The molecule has 4 rings (SSSR count). The Morgan fingerprint density at radius 1 is 1.33 bits per heavy atom. The minimum absolute atomic E-state index is 0.0192. The number of rotatable bonds is 5. The van der Waals surface area contributed by atoms with Crippen LogP contribution in [0, 0.1) is 11.7 Å². The fourth-order valence-electron chi connectivity index (χ4n) is 4.04. The normalized spacial score (nSPS) is 17.4. The lowest BCUT2D eigenvalue weighted by Gasteiger charge is -2.30. The molecule has 0 spiro atoms. The van der Waals surface area contributed by atoms with Gasteiger partial charge in [-0.25, -0.2) is 4.39 Å². The lowest BCUT2D eigenvalue weighted by Crippen LogP contribution is -2.41. The number of amides is 1. The van der Waals surface area contributed by atoms with Crippen LogP contribution in [0.2, 0.25) is 0 Å². The van der Waals surface area contributed by atoms with Crippen LogP contribution in [-0.2, 0) is 13.0 Å². The van der Waals surface area contributed by atoms with Gasteiger partial charge >= 0.3 is 0 Å². The lowest BCUT2D eigenvalue weighted by molar-refractivity contribution is 0.0940. The fourth-order valence-corrected chi connectivity index (χ4v) is 4.04. The molecule has 158 valence electrons. The van der Waals surface area contributed by atoms with Crippen molar-refractivity contribution in [2.75, 3.05) is 31.6 Å². The van der Waals surface area contributed by atoms with Crippen molar-refractivity contribution in [1.29, 1.82) is 0 Å². The van der Waals surface area contributed by atoms with E-state index in [-0.39, 0.29) is 30.5 Å². The standard InChI is InChI=1S/C21H23FN4O4/c22-14-4-2-12(3-5-14)10-13-11-25-17-18-16(13)23-6-1-8-26(18)21(30)15(19(17)28)20(29)24-7-9-27/h2-5,13,25,27-28H,1,6-11H2,(H,24,29). The molecule has 2 aromatic rings. The van der Waals surface area contributed by atoms with E-state index < -0.39 is 17.2 Å². The van der Waals surface area contributed by atoms with Gasteiger partial charge < -0.3 is 25.4 Å². The van der Waals surface area contributed by atoms with Gasteiger partial charge in [-0.3, -0.25) is 14.6 Å². The van der Waals surface area contributed by atoms with Gasteiger partial charge in [0.25, 0.3) is 11.5 Å².